The summed E-state index contributed by atoms with van der Waals surface area (Å²) >= 11 is 0. The van der Waals surface area contributed by atoms with Crippen molar-refractivity contribution in [3.8, 4) is 0 Å². The molecule has 0 atom stereocenters. The Balaban J connectivity index is 3.20. The van der Waals surface area contributed by atoms with Crippen LogP contribution in [0.2, 0.25) is 0 Å². The first-order chi connectivity index (χ1) is 3.91. The van der Waals surface area contributed by atoms with Crippen LogP contribution in [0.1, 0.15) is 19.8 Å². The van der Waals surface area contributed by atoms with Gasteiger partial charge in [0.1, 0.15) is 0 Å². The Bertz CT molecular complexity index is 110. The van der Waals surface area contributed by atoms with Gasteiger partial charge in [-0.1, -0.05) is 19.4 Å². The van der Waals surface area contributed by atoms with E-state index in [1.807, 2.05) is 6.08 Å². The van der Waals surface area contributed by atoms with Gasteiger partial charge in [0.2, 0.25) is 0 Å². The maximum absolute atomic E-state index is 7.88. The second kappa shape index (κ2) is 6.12. The molecule has 44 valence electrons. The lowest BCUT2D eigenvalue weighted by atomic mass is 10.3. The quantitative estimate of drug-likeness (QED) is 0.301. The third-order valence-electron chi connectivity index (χ3n) is 0.744. The summed E-state index contributed by atoms with van der Waals surface area (Å²) in [6, 6.07) is 0. The van der Waals surface area contributed by atoms with Gasteiger partial charge in [0.15, 0.2) is 0 Å². The Kier molecular flexibility index (Phi) is 5.45. The second-order valence-corrected chi connectivity index (χ2v) is 1.48. The van der Waals surface area contributed by atoms with Crippen LogP contribution in [-0.4, -0.2) is 11.0 Å². The Morgan fingerprint density at radius 2 is 2.38 bits per heavy atom. The minimum absolute atomic E-state index is 1.05. The molecule has 0 spiro atoms. The van der Waals surface area contributed by atoms with Crippen LogP contribution in [0, 0.1) is 0 Å². The van der Waals surface area contributed by atoms with Gasteiger partial charge in [-0.15, -0.1) is 0 Å². The molecule has 0 bridgehead atoms. The van der Waals surface area contributed by atoms with E-state index in [4.69, 9.17) is 5.53 Å². The van der Waals surface area contributed by atoms with E-state index in [0.717, 1.165) is 12.8 Å². The number of hydrogen-bond donors (Lipinski definition) is 0. The number of allylic oxidation sites excluding steroid dienone is 2. The molecule has 0 aliphatic rings. The molecule has 0 rings (SSSR count). The molecule has 0 aliphatic carbocycles. The van der Waals surface area contributed by atoms with Crippen LogP contribution >= 0.6 is 0 Å². The third kappa shape index (κ3) is 5.12. The second-order valence-electron chi connectivity index (χ2n) is 1.48. The molecule has 0 aliphatic heterocycles. The van der Waals surface area contributed by atoms with Crippen molar-refractivity contribution in [2.24, 2.45) is 0 Å². The molecule has 0 amide bonds. The van der Waals surface area contributed by atoms with E-state index in [0.29, 0.717) is 0 Å². The summed E-state index contributed by atoms with van der Waals surface area (Å²) < 4.78 is 0. The molecule has 2 nitrogen and oxygen atoms in total. The van der Waals surface area contributed by atoms with E-state index < -0.39 is 0 Å². The van der Waals surface area contributed by atoms with Crippen LogP contribution < -0.4 is 0 Å². The van der Waals surface area contributed by atoms with Crippen LogP contribution in [0.5, 0.6) is 0 Å². The molecule has 0 fully saturated rings. The van der Waals surface area contributed by atoms with Crippen molar-refractivity contribution in [3.05, 3.63) is 17.7 Å². The van der Waals surface area contributed by atoms with Gasteiger partial charge in [-0.2, -0.15) is 4.79 Å². The van der Waals surface area contributed by atoms with Crippen LogP contribution in [0.15, 0.2) is 12.2 Å². The van der Waals surface area contributed by atoms with Crippen molar-refractivity contribution in [2.45, 2.75) is 19.8 Å². The molecule has 0 N–H and O–H groups in total. The molecule has 0 saturated heterocycles. The SMILES string of the molecule is CCC/C=C/C=[N+]=[N-]. The zero-order valence-corrected chi connectivity index (χ0v) is 5.04. The number of hydrogen-bond acceptors (Lipinski definition) is 0. The maximum atomic E-state index is 7.88. The van der Waals surface area contributed by atoms with Gasteiger partial charge in [-0.25, -0.2) is 0 Å². The van der Waals surface area contributed by atoms with E-state index in [9.17, 15) is 0 Å². The fourth-order valence-electron chi connectivity index (χ4n) is 0.362. The van der Waals surface area contributed by atoms with E-state index in [-0.39, 0.29) is 0 Å². The largest absolute Gasteiger partial charge is 0.362 e. The molecule has 2 heteroatoms. The predicted octanol–water partition coefficient (Wildman–Crippen LogP) is 1.64. The van der Waals surface area contributed by atoms with Crippen molar-refractivity contribution >= 4 is 6.21 Å². The lowest BCUT2D eigenvalue weighted by molar-refractivity contribution is 0.00512. The number of nitrogens with zero attached hydrogens (tertiary/aromatic N) is 2. The fraction of sp³-hybridized carbons (Fsp3) is 0.500. The van der Waals surface area contributed by atoms with E-state index in [1.165, 1.54) is 6.21 Å². The van der Waals surface area contributed by atoms with Crippen LogP contribution in [-0.2, 0) is 0 Å². The van der Waals surface area contributed by atoms with Gasteiger partial charge in [0.05, 0.1) is 0 Å². The Labute approximate surface area is 49.5 Å². The van der Waals surface area contributed by atoms with Gasteiger partial charge in [0.25, 0.3) is 6.21 Å². The fourth-order valence-corrected chi connectivity index (χ4v) is 0.362. The lowest BCUT2D eigenvalue weighted by Gasteiger charge is -1.75. The van der Waals surface area contributed by atoms with Gasteiger partial charge in [0, 0.05) is 6.08 Å². The monoisotopic (exact) mass is 110 g/mol. The van der Waals surface area contributed by atoms with Crippen molar-refractivity contribution in [1.29, 1.82) is 0 Å². The summed E-state index contributed by atoms with van der Waals surface area (Å²) in [5.41, 5.74) is 7.88. The summed E-state index contributed by atoms with van der Waals surface area (Å²) in [4.78, 5) is 2.80. The first kappa shape index (κ1) is 7.12. The topological polar surface area (TPSA) is 36.4 Å². The molecule has 0 heterocycles. The van der Waals surface area contributed by atoms with E-state index >= 15 is 0 Å². The number of unbranched alkanes of at least 4 members (excludes halogenated alkanes) is 1. The molecule has 0 radical (unpaired) electrons. The molecular weight excluding hydrogens is 100 g/mol. The highest BCUT2D eigenvalue weighted by Gasteiger charge is 1.70. The summed E-state index contributed by atoms with van der Waals surface area (Å²) in [7, 11) is 0. The Morgan fingerprint density at radius 1 is 1.62 bits per heavy atom. The average Bonchev–Trinajstić information content (AvgIpc) is 1.81. The number of rotatable bonds is 3. The molecule has 8 heavy (non-hydrogen) atoms. The van der Waals surface area contributed by atoms with Crippen molar-refractivity contribution in [1.82, 2.24) is 0 Å². The highest BCUT2D eigenvalue weighted by molar-refractivity contribution is 5.65. The maximum Gasteiger partial charge on any atom is 0.280 e. The normalized spacial score (nSPS) is 9.12. The molecule has 0 saturated carbocycles. The summed E-state index contributed by atoms with van der Waals surface area (Å²) in [5.74, 6) is 0. The minimum Gasteiger partial charge on any atom is -0.362 e. The van der Waals surface area contributed by atoms with Gasteiger partial charge < -0.3 is 5.53 Å². The first-order valence-electron chi connectivity index (χ1n) is 2.74. The Hall–Kier alpha value is -0.880. The summed E-state index contributed by atoms with van der Waals surface area (Å²) in [5, 5.41) is 0. The zero-order valence-electron chi connectivity index (χ0n) is 5.04. The summed E-state index contributed by atoms with van der Waals surface area (Å²) in [6.45, 7) is 2.10. The lowest BCUT2D eigenvalue weighted by Crippen LogP contribution is -1.64. The van der Waals surface area contributed by atoms with E-state index in [2.05, 4.69) is 11.7 Å². The van der Waals surface area contributed by atoms with E-state index in [1.54, 1.807) is 6.08 Å². The molecular formula is C6H10N2. The summed E-state index contributed by atoms with van der Waals surface area (Å²) in [6.07, 6.45) is 7.22. The molecule has 0 aromatic heterocycles. The van der Waals surface area contributed by atoms with Crippen LogP contribution in [0.25, 0.3) is 5.53 Å². The van der Waals surface area contributed by atoms with Crippen molar-refractivity contribution in [2.75, 3.05) is 0 Å². The van der Waals surface area contributed by atoms with Crippen LogP contribution in [0.3, 0.4) is 0 Å². The molecule has 0 unspecified atom stereocenters. The third-order valence-corrected chi connectivity index (χ3v) is 0.744. The standard InChI is InChI=1S/C6H10N2/c1-2-3-4-5-6-8-7/h4-6H,2-3H2,1H3/b5-4+. The minimum atomic E-state index is 1.05. The van der Waals surface area contributed by atoms with Gasteiger partial charge in [-0.3, -0.25) is 0 Å². The molecule has 0 aromatic carbocycles. The van der Waals surface area contributed by atoms with Gasteiger partial charge in [-0.05, 0) is 6.42 Å². The van der Waals surface area contributed by atoms with Crippen LogP contribution in [0.4, 0.5) is 0 Å². The highest BCUT2D eigenvalue weighted by atomic mass is 14.8. The first-order valence-corrected chi connectivity index (χ1v) is 2.74. The Morgan fingerprint density at radius 3 is 2.88 bits per heavy atom. The van der Waals surface area contributed by atoms with Crippen molar-refractivity contribution in [3.63, 3.8) is 0 Å². The average molecular weight is 110 g/mol. The van der Waals surface area contributed by atoms with Crippen molar-refractivity contribution < 1.29 is 4.79 Å². The smallest absolute Gasteiger partial charge is 0.280 e. The predicted molar refractivity (Wildman–Crippen MR) is 33.7 cm³/mol. The molecule has 0 aromatic rings. The zero-order chi connectivity index (χ0) is 6.24. The highest BCUT2D eigenvalue weighted by Crippen LogP contribution is 1.85. The van der Waals surface area contributed by atoms with Gasteiger partial charge >= 0.3 is 0 Å².